The summed E-state index contributed by atoms with van der Waals surface area (Å²) >= 11 is 0. The van der Waals surface area contributed by atoms with Crippen LogP contribution in [0.15, 0.2) is 23.8 Å². The van der Waals surface area contributed by atoms with Gasteiger partial charge in [-0.15, -0.1) is 0 Å². The van der Waals surface area contributed by atoms with E-state index in [9.17, 15) is 5.11 Å². The van der Waals surface area contributed by atoms with Gasteiger partial charge in [0.25, 0.3) is 0 Å². The van der Waals surface area contributed by atoms with Gasteiger partial charge < -0.3 is 14.6 Å². The Hall–Kier alpha value is -1.52. The number of rotatable bonds is 1. The number of aliphatic hydroxyl groups is 1. The van der Waals surface area contributed by atoms with E-state index in [4.69, 9.17) is 9.47 Å². The highest BCUT2D eigenvalue weighted by Crippen LogP contribution is 2.53. The lowest BCUT2D eigenvalue weighted by molar-refractivity contribution is 0.111. The molecule has 106 valence electrons. The molecule has 0 unspecified atom stereocenters. The molecule has 0 aromatic heterocycles. The van der Waals surface area contributed by atoms with Crippen molar-refractivity contribution >= 4 is 0 Å². The van der Waals surface area contributed by atoms with Crippen LogP contribution >= 0.6 is 0 Å². The van der Waals surface area contributed by atoms with Crippen molar-refractivity contribution in [3.8, 4) is 11.5 Å². The van der Waals surface area contributed by atoms with Crippen molar-refractivity contribution in [3.05, 3.63) is 34.9 Å². The Bertz CT molecular complexity index is 596. The second-order valence-electron chi connectivity index (χ2n) is 6.02. The number of hydrogen-bond acceptors (Lipinski definition) is 4. The Kier molecular flexibility index (Phi) is 2.59. The van der Waals surface area contributed by atoms with Crippen LogP contribution in [0.25, 0.3) is 0 Å². The van der Waals surface area contributed by atoms with Crippen LogP contribution in [0.4, 0.5) is 0 Å². The van der Waals surface area contributed by atoms with Crippen LogP contribution in [0, 0.1) is 0 Å². The van der Waals surface area contributed by atoms with Gasteiger partial charge in [0, 0.05) is 31.0 Å². The van der Waals surface area contributed by atoms with Crippen molar-refractivity contribution in [2.24, 2.45) is 0 Å². The summed E-state index contributed by atoms with van der Waals surface area (Å²) in [5.41, 5.74) is 3.87. The molecule has 0 saturated heterocycles. The molecule has 0 amide bonds. The average molecular weight is 273 g/mol. The summed E-state index contributed by atoms with van der Waals surface area (Å²) in [5.74, 6) is 1.97. The normalized spacial score (nSPS) is 31.1. The van der Waals surface area contributed by atoms with E-state index in [1.54, 1.807) is 7.11 Å². The number of likely N-dealkylation sites (N-methyl/N-ethyl adjacent to an activating group) is 1. The molecule has 3 aliphatic rings. The summed E-state index contributed by atoms with van der Waals surface area (Å²) in [6.07, 6.45) is 2.32. The lowest BCUT2D eigenvalue weighted by atomic mass is 9.80. The third-order valence-electron chi connectivity index (χ3n) is 4.59. The Morgan fingerprint density at radius 1 is 1.35 bits per heavy atom. The van der Waals surface area contributed by atoms with Crippen LogP contribution in [0.2, 0.25) is 0 Å². The molecule has 0 spiro atoms. The summed E-state index contributed by atoms with van der Waals surface area (Å²) in [6, 6.07) is 4.14. The number of ether oxygens (including phenoxy) is 2. The third-order valence-corrected chi connectivity index (χ3v) is 4.59. The van der Waals surface area contributed by atoms with Crippen LogP contribution in [0.3, 0.4) is 0 Å². The maximum absolute atomic E-state index is 10.1. The number of nitrogens with zero attached hydrogens (tertiary/aromatic N) is 1. The molecule has 0 fully saturated rings. The van der Waals surface area contributed by atoms with E-state index in [1.807, 2.05) is 12.1 Å². The second-order valence-corrected chi connectivity index (χ2v) is 6.02. The van der Waals surface area contributed by atoms with E-state index in [0.717, 1.165) is 24.6 Å². The molecule has 0 radical (unpaired) electrons. The van der Waals surface area contributed by atoms with Crippen molar-refractivity contribution in [2.75, 3.05) is 20.7 Å². The molecule has 1 aromatic carbocycles. The number of hydrogen-bond donors (Lipinski definition) is 1. The first-order valence-corrected chi connectivity index (χ1v) is 7.11. The SMILES string of the molecule is COc1ccc2c3c1O[C@H]1C[C@H](O)C=C(CN(C)C2)[C@H]31. The van der Waals surface area contributed by atoms with Crippen molar-refractivity contribution in [1.82, 2.24) is 4.90 Å². The van der Waals surface area contributed by atoms with E-state index in [0.29, 0.717) is 6.42 Å². The molecular weight excluding hydrogens is 254 g/mol. The number of methoxy groups -OCH3 is 1. The summed E-state index contributed by atoms with van der Waals surface area (Å²) in [6.45, 7) is 1.80. The van der Waals surface area contributed by atoms with E-state index in [-0.39, 0.29) is 12.0 Å². The minimum absolute atomic E-state index is 0.0431. The zero-order valence-electron chi connectivity index (χ0n) is 11.8. The fourth-order valence-corrected chi connectivity index (χ4v) is 3.86. The van der Waals surface area contributed by atoms with E-state index >= 15 is 0 Å². The molecule has 0 saturated carbocycles. The van der Waals surface area contributed by atoms with Crippen molar-refractivity contribution in [3.63, 3.8) is 0 Å². The number of benzene rings is 1. The van der Waals surface area contributed by atoms with Crippen molar-refractivity contribution in [2.45, 2.75) is 31.1 Å². The predicted molar refractivity (Wildman–Crippen MR) is 75.2 cm³/mol. The van der Waals surface area contributed by atoms with Gasteiger partial charge in [-0.2, -0.15) is 0 Å². The van der Waals surface area contributed by atoms with Gasteiger partial charge in [0.2, 0.25) is 0 Å². The largest absolute Gasteiger partial charge is 0.493 e. The lowest BCUT2D eigenvalue weighted by Crippen LogP contribution is -2.32. The highest BCUT2D eigenvalue weighted by atomic mass is 16.5. The Morgan fingerprint density at radius 2 is 2.20 bits per heavy atom. The van der Waals surface area contributed by atoms with Crippen molar-refractivity contribution in [1.29, 1.82) is 0 Å². The third kappa shape index (κ3) is 1.61. The van der Waals surface area contributed by atoms with Gasteiger partial charge >= 0.3 is 0 Å². The van der Waals surface area contributed by atoms with Crippen LogP contribution in [0.5, 0.6) is 11.5 Å². The predicted octanol–water partition coefficient (Wildman–Crippen LogP) is 1.68. The maximum Gasteiger partial charge on any atom is 0.165 e. The van der Waals surface area contributed by atoms with Crippen LogP contribution in [-0.2, 0) is 6.54 Å². The van der Waals surface area contributed by atoms with Crippen LogP contribution in [0.1, 0.15) is 23.5 Å². The molecule has 20 heavy (non-hydrogen) atoms. The molecule has 4 rings (SSSR count). The van der Waals surface area contributed by atoms with E-state index in [2.05, 4.69) is 18.0 Å². The van der Waals surface area contributed by atoms with Gasteiger partial charge in [-0.25, -0.2) is 0 Å². The quantitative estimate of drug-likeness (QED) is 0.790. The van der Waals surface area contributed by atoms with Crippen LogP contribution < -0.4 is 9.47 Å². The number of aliphatic hydroxyl groups excluding tert-OH is 1. The zero-order valence-corrected chi connectivity index (χ0v) is 11.8. The van der Waals surface area contributed by atoms with Crippen LogP contribution in [-0.4, -0.2) is 42.9 Å². The van der Waals surface area contributed by atoms with Gasteiger partial charge in [0.05, 0.1) is 13.2 Å². The van der Waals surface area contributed by atoms with Crippen molar-refractivity contribution < 1.29 is 14.6 Å². The van der Waals surface area contributed by atoms with E-state index in [1.165, 1.54) is 16.7 Å². The first kappa shape index (κ1) is 12.2. The zero-order chi connectivity index (χ0) is 13.9. The molecular formula is C16H19NO3. The standard InChI is InChI=1S/C16H19NO3/c1-17-7-9-3-4-12(19-2)16-15(9)14-10(8-17)5-11(18)6-13(14)20-16/h3-5,11,13-14,18H,6-8H2,1-2H3/t11-,13+,14+/m1/s1. The lowest BCUT2D eigenvalue weighted by Gasteiger charge is -2.29. The molecule has 4 heteroatoms. The first-order chi connectivity index (χ1) is 9.67. The Labute approximate surface area is 118 Å². The van der Waals surface area contributed by atoms with Gasteiger partial charge in [0.15, 0.2) is 11.5 Å². The molecule has 3 atom stereocenters. The smallest absolute Gasteiger partial charge is 0.165 e. The molecule has 1 aromatic rings. The minimum Gasteiger partial charge on any atom is -0.493 e. The summed E-state index contributed by atoms with van der Waals surface area (Å²) in [4.78, 5) is 2.29. The molecule has 1 N–H and O–H groups in total. The summed E-state index contributed by atoms with van der Waals surface area (Å²) in [7, 11) is 3.80. The van der Waals surface area contributed by atoms with E-state index < -0.39 is 6.10 Å². The molecule has 0 bridgehead atoms. The molecule has 4 nitrogen and oxygen atoms in total. The minimum atomic E-state index is -0.401. The highest BCUT2D eigenvalue weighted by molar-refractivity contribution is 5.59. The average Bonchev–Trinajstić information content (AvgIpc) is 2.70. The summed E-state index contributed by atoms with van der Waals surface area (Å²) < 4.78 is 11.6. The van der Waals surface area contributed by atoms with Gasteiger partial charge in [-0.05, 0) is 24.3 Å². The maximum atomic E-state index is 10.1. The van der Waals surface area contributed by atoms with Gasteiger partial charge in [0.1, 0.15) is 6.10 Å². The topological polar surface area (TPSA) is 41.9 Å². The monoisotopic (exact) mass is 273 g/mol. The Morgan fingerprint density at radius 3 is 3.00 bits per heavy atom. The molecule has 1 aliphatic carbocycles. The van der Waals surface area contributed by atoms with Gasteiger partial charge in [-0.3, -0.25) is 4.90 Å². The Balaban J connectivity index is 1.94. The molecule has 2 aliphatic heterocycles. The fraction of sp³-hybridized carbons (Fsp3) is 0.500. The molecule has 2 heterocycles. The second kappa shape index (κ2) is 4.24. The fourth-order valence-electron chi connectivity index (χ4n) is 3.86. The summed E-state index contributed by atoms with van der Waals surface area (Å²) in [5, 5.41) is 10.1. The highest BCUT2D eigenvalue weighted by Gasteiger charge is 2.44. The first-order valence-electron chi connectivity index (χ1n) is 7.11. The van der Waals surface area contributed by atoms with Gasteiger partial charge in [-0.1, -0.05) is 12.1 Å².